The number of hydrogen-bond donors (Lipinski definition) is 2. The van der Waals surface area contributed by atoms with Crippen molar-refractivity contribution in [3.63, 3.8) is 0 Å². The van der Waals surface area contributed by atoms with E-state index in [1.165, 1.54) is 0 Å². The Balaban J connectivity index is 1.77. The molecule has 1 aromatic heterocycles. The number of amides is 1. The van der Waals surface area contributed by atoms with Crippen LogP contribution in [-0.4, -0.2) is 22.7 Å². The zero-order valence-corrected chi connectivity index (χ0v) is 12.3. The fraction of sp³-hybridized carbons (Fsp3) is 0.375. The molecule has 0 bridgehead atoms. The van der Waals surface area contributed by atoms with Crippen molar-refractivity contribution < 1.29 is 14.4 Å². The second-order valence-corrected chi connectivity index (χ2v) is 5.04. The largest absolute Gasteiger partial charge is 0.388 e. The van der Waals surface area contributed by atoms with Crippen molar-refractivity contribution in [1.29, 1.82) is 0 Å². The molecule has 2 N–H and O–H groups in total. The summed E-state index contributed by atoms with van der Waals surface area (Å²) in [5, 5.41) is 16.6. The van der Waals surface area contributed by atoms with Gasteiger partial charge in [-0.3, -0.25) is 4.79 Å². The van der Waals surface area contributed by atoms with Gasteiger partial charge in [0.25, 0.3) is 0 Å². The average Bonchev–Trinajstić information content (AvgIpc) is 2.80. The molecule has 5 nitrogen and oxygen atoms in total. The van der Waals surface area contributed by atoms with Crippen LogP contribution in [0.3, 0.4) is 0 Å². The lowest BCUT2D eigenvalue weighted by atomic mass is 10.1. The Morgan fingerprint density at radius 2 is 2.05 bits per heavy atom. The van der Waals surface area contributed by atoms with Gasteiger partial charge in [-0.1, -0.05) is 35.5 Å². The summed E-state index contributed by atoms with van der Waals surface area (Å²) in [7, 11) is 0. The number of carbonyl (C=O) groups excluding carboxylic acids is 1. The van der Waals surface area contributed by atoms with Crippen LogP contribution in [0, 0.1) is 13.8 Å². The Morgan fingerprint density at radius 3 is 2.67 bits per heavy atom. The minimum Gasteiger partial charge on any atom is -0.388 e. The van der Waals surface area contributed by atoms with Crippen LogP contribution in [0.1, 0.15) is 35.1 Å². The van der Waals surface area contributed by atoms with Gasteiger partial charge in [-0.2, -0.15) is 0 Å². The predicted molar refractivity (Wildman–Crippen MR) is 78.7 cm³/mol. The van der Waals surface area contributed by atoms with Crippen LogP contribution < -0.4 is 5.32 Å². The fourth-order valence-electron chi connectivity index (χ4n) is 2.17. The second-order valence-electron chi connectivity index (χ2n) is 5.04. The molecule has 2 aromatic rings. The van der Waals surface area contributed by atoms with Crippen LogP contribution in [0.25, 0.3) is 0 Å². The van der Waals surface area contributed by atoms with E-state index < -0.39 is 6.10 Å². The first kappa shape index (κ1) is 15.3. The van der Waals surface area contributed by atoms with Crippen LogP contribution in [-0.2, 0) is 11.2 Å². The number of hydrogen-bond acceptors (Lipinski definition) is 4. The standard InChI is InChI=1S/C16H20N2O3/c1-11-14(12(2)21-18-11)10-16(20)17-9-8-15(19)13-6-4-3-5-7-13/h3-7,15,19H,8-10H2,1-2H3,(H,17,20). The molecule has 1 aromatic carbocycles. The Kier molecular flexibility index (Phi) is 5.11. The Hall–Kier alpha value is -2.14. The van der Waals surface area contributed by atoms with E-state index in [-0.39, 0.29) is 12.3 Å². The molecule has 112 valence electrons. The molecule has 0 saturated heterocycles. The van der Waals surface area contributed by atoms with Crippen molar-refractivity contribution in [2.75, 3.05) is 6.54 Å². The van der Waals surface area contributed by atoms with E-state index in [0.717, 1.165) is 16.8 Å². The first-order valence-corrected chi connectivity index (χ1v) is 6.99. The molecule has 1 heterocycles. The number of benzene rings is 1. The molecule has 0 radical (unpaired) electrons. The van der Waals surface area contributed by atoms with Gasteiger partial charge in [-0.25, -0.2) is 0 Å². The van der Waals surface area contributed by atoms with E-state index in [9.17, 15) is 9.90 Å². The molecule has 0 aliphatic carbocycles. The normalized spacial score (nSPS) is 12.1. The summed E-state index contributed by atoms with van der Waals surface area (Å²) in [5.41, 5.74) is 2.43. The molecular weight excluding hydrogens is 268 g/mol. The number of aryl methyl sites for hydroxylation is 2. The van der Waals surface area contributed by atoms with Gasteiger partial charge < -0.3 is 14.9 Å². The van der Waals surface area contributed by atoms with Crippen molar-refractivity contribution in [3.8, 4) is 0 Å². The lowest BCUT2D eigenvalue weighted by Gasteiger charge is -2.11. The Bertz CT molecular complexity index is 573. The number of aliphatic hydroxyl groups excluding tert-OH is 1. The zero-order valence-electron chi connectivity index (χ0n) is 12.3. The van der Waals surface area contributed by atoms with Crippen LogP contribution in [0.15, 0.2) is 34.9 Å². The van der Waals surface area contributed by atoms with E-state index >= 15 is 0 Å². The highest BCUT2D eigenvalue weighted by Crippen LogP contribution is 2.15. The van der Waals surface area contributed by atoms with Crippen LogP contribution in [0.5, 0.6) is 0 Å². The molecule has 1 unspecified atom stereocenters. The summed E-state index contributed by atoms with van der Waals surface area (Å²) in [4.78, 5) is 11.9. The van der Waals surface area contributed by atoms with Crippen molar-refractivity contribution in [2.45, 2.75) is 32.8 Å². The van der Waals surface area contributed by atoms with Crippen molar-refractivity contribution >= 4 is 5.91 Å². The maximum absolute atomic E-state index is 11.9. The topological polar surface area (TPSA) is 75.4 Å². The predicted octanol–water partition coefficient (Wildman–Crippen LogP) is 2.07. The van der Waals surface area contributed by atoms with Gasteiger partial charge >= 0.3 is 0 Å². The van der Waals surface area contributed by atoms with Crippen LogP contribution in [0.2, 0.25) is 0 Å². The molecule has 2 rings (SSSR count). The quantitative estimate of drug-likeness (QED) is 0.853. The molecule has 0 saturated carbocycles. The SMILES string of the molecule is Cc1noc(C)c1CC(=O)NCCC(O)c1ccccc1. The average molecular weight is 288 g/mol. The summed E-state index contributed by atoms with van der Waals surface area (Å²) in [6.07, 6.45) is 0.172. The molecular formula is C16H20N2O3. The molecule has 0 aliphatic rings. The Morgan fingerprint density at radius 1 is 1.33 bits per heavy atom. The van der Waals surface area contributed by atoms with E-state index in [2.05, 4.69) is 10.5 Å². The van der Waals surface area contributed by atoms with Gasteiger partial charge in [0.15, 0.2) is 0 Å². The third kappa shape index (κ3) is 4.16. The van der Waals surface area contributed by atoms with Gasteiger partial charge in [-0.15, -0.1) is 0 Å². The minimum absolute atomic E-state index is 0.0929. The number of nitrogens with one attached hydrogen (secondary N) is 1. The maximum atomic E-state index is 11.9. The molecule has 0 fully saturated rings. The summed E-state index contributed by atoms with van der Waals surface area (Å²) in [6, 6.07) is 9.41. The second kappa shape index (κ2) is 7.04. The lowest BCUT2D eigenvalue weighted by Crippen LogP contribution is -2.27. The van der Waals surface area contributed by atoms with E-state index in [4.69, 9.17) is 4.52 Å². The van der Waals surface area contributed by atoms with E-state index in [1.54, 1.807) is 6.92 Å². The van der Waals surface area contributed by atoms with Gasteiger partial charge in [-0.05, 0) is 25.8 Å². The molecule has 1 amide bonds. The fourth-order valence-corrected chi connectivity index (χ4v) is 2.17. The Labute approximate surface area is 124 Å². The first-order chi connectivity index (χ1) is 10.1. The first-order valence-electron chi connectivity index (χ1n) is 6.99. The van der Waals surface area contributed by atoms with Crippen LogP contribution >= 0.6 is 0 Å². The molecule has 5 heteroatoms. The summed E-state index contributed by atoms with van der Waals surface area (Å²) in [6.45, 7) is 4.04. The van der Waals surface area contributed by atoms with Crippen LogP contribution in [0.4, 0.5) is 0 Å². The monoisotopic (exact) mass is 288 g/mol. The van der Waals surface area contributed by atoms with Gasteiger partial charge in [0.1, 0.15) is 5.76 Å². The van der Waals surface area contributed by atoms with E-state index in [1.807, 2.05) is 37.3 Å². The highest BCUT2D eigenvalue weighted by Gasteiger charge is 2.13. The van der Waals surface area contributed by atoms with Gasteiger partial charge in [0.05, 0.1) is 18.2 Å². The van der Waals surface area contributed by atoms with Crippen molar-refractivity contribution in [1.82, 2.24) is 10.5 Å². The van der Waals surface area contributed by atoms with Gasteiger partial charge in [0.2, 0.25) is 5.91 Å². The van der Waals surface area contributed by atoms with Crippen molar-refractivity contribution in [2.24, 2.45) is 0 Å². The number of nitrogens with zero attached hydrogens (tertiary/aromatic N) is 1. The van der Waals surface area contributed by atoms with E-state index in [0.29, 0.717) is 18.7 Å². The summed E-state index contributed by atoms with van der Waals surface area (Å²) < 4.78 is 5.03. The number of carbonyl (C=O) groups is 1. The molecule has 1 atom stereocenters. The zero-order chi connectivity index (χ0) is 15.2. The smallest absolute Gasteiger partial charge is 0.224 e. The summed E-state index contributed by atoms with van der Waals surface area (Å²) in [5.74, 6) is 0.580. The highest BCUT2D eigenvalue weighted by molar-refractivity contribution is 5.78. The molecule has 0 spiro atoms. The van der Waals surface area contributed by atoms with Crippen molar-refractivity contribution in [3.05, 3.63) is 52.9 Å². The molecule has 21 heavy (non-hydrogen) atoms. The third-order valence-corrected chi connectivity index (χ3v) is 3.44. The summed E-state index contributed by atoms with van der Waals surface area (Å²) >= 11 is 0. The number of rotatable bonds is 6. The molecule has 0 aliphatic heterocycles. The number of aliphatic hydroxyl groups is 1. The lowest BCUT2D eigenvalue weighted by molar-refractivity contribution is -0.120. The minimum atomic E-state index is -0.564. The third-order valence-electron chi connectivity index (χ3n) is 3.44. The number of aromatic nitrogens is 1. The van der Waals surface area contributed by atoms with Gasteiger partial charge in [0, 0.05) is 12.1 Å². The maximum Gasteiger partial charge on any atom is 0.224 e. The highest BCUT2D eigenvalue weighted by atomic mass is 16.5.